The maximum Gasteiger partial charge on any atom is 0.264 e. The normalized spacial score (nSPS) is 21.5. The minimum absolute atomic E-state index is 0.00473. The van der Waals surface area contributed by atoms with Crippen LogP contribution in [0.4, 0.5) is 11.5 Å². The molecule has 1 aromatic heterocycles. The molecule has 0 aliphatic carbocycles. The number of para-hydroxylation sites is 1. The van der Waals surface area contributed by atoms with E-state index in [1.807, 2.05) is 64.2 Å². The van der Waals surface area contributed by atoms with Crippen LogP contribution in [0.2, 0.25) is 0 Å². The Hall–Kier alpha value is -6.59. The smallest absolute Gasteiger partial charge is 0.264 e. The van der Waals surface area contributed by atoms with Crippen molar-refractivity contribution < 1.29 is 38.2 Å². The number of carbonyl (C=O) groups is 6. The number of imide groups is 2. The van der Waals surface area contributed by atoms with Gasteiger partial charge in [0.15, 0.2) is 0 Å². The van der Waals surface area contributed by atoms with E-state index in [0.717, 1.165) is 54.9 Å². The highest BCUT2D eigenvalue weighted by Gasteiger charge is 2.45. The first-order chi connectivity index (χ1) is 31.1. The lowest BCUT2D eigenvalue weighted by molar-refractivity contribution is -0.136. The molecule has 0 bridgehead atoms. The highest BCUT2D eigenvalue weighted by atomic mass is 16.5. The van der Waals surface area contributed by atoms with E-state index in [1.54, 1.807) is 18.2 Å². The molecular weight excluding hydrogens is 819 g/mol. The van der Waals surface area contributed by atoms with Crippen LogP contribution in [0, 0.1) is 5.92 Å². The number of nitrogens with zero attached hydrogens (tertiary/aromatic N) is 5. The molecule has 2 unspecified atom stereocenters. The van der Waals surface area contributed by atoms with Gasteiger partial charge in [-0.2, -0.15) is 5.10 Å². The zero-order valence-electron chi connectivity index (χ0n) is 35.6. The number of nitrogens with two attached hydrogens (primary N) is 1. The summed E-state index contributed by atoms with van der Waals surface area (Å²) < 4.78 is 14.2. The SMILES string of the molecule is NC(=O)c1c(-c2ccc(Oc3ccccc3)cc2)nn2c1NCC[C@H]2C1CCN(C(=O)CCN2CCCC(OCCNc3cccc4c3C(=O)N(C3CCC(=O)NC3=O)C4=O)C2)CC1. The van der Waals surface area contributed by atoms with E-state index < -0.39 is 35.6 Å². The Morgan fingerprint density at radius 1 is 0.859 bits per heavy atom. The first kappa shape index (κ1) is 42.7. The van der Waals surface area contributed by atoms with Gasteiger partial charge in [-0.3, -0.25) is 39.0 Å². The number of benzene rings is 3. The van der Waals surface area contributed by atoms with E-state index in [9.17, 15) is 28.8 Å². The third-order valence-electron chi connectivity index (χ3n) is 13.1. The number of primary amides is 1. The topological polar surface area (TPSA) is 211 Å². The van der Waals surface area contributed by atoms with Gasteiger partial charge in [0.1, 0.15) is 34.6 Å². The summed E-state index contributed by atoms with van der Waals surface area (Å²) in [5, 5.41) is 13.9. The molecule has 3 fully saturated rings. The monoisotopic (exact) mass is 871 g/mol. The average molecular weight is 872 g/mol. The molecule has 0 spiro atoms. The molecule has 0 radical (unpaired) electrons. The van der Waals surface area contributed by atoms with Crippen LogP contribution in [0.3, 0.4) is 0 Å². The molecule has 4 aromatic rings. The Kier molecular flexibility index (Phi) is 12.4. The van der Waals surface area contributed by atoms with Crippen molar-refractivity contribution in [1.29, 1.82) is 0 Å². The fourth-order valence-corrected chi connectivity index (χ4v) is 9.85. The lowest BCUT2D eigenvalue weighted by Gasteiger charge is -2.39. The number of likely N-dealkylation sites (tertiary alicyclic amines) is 2. The fraction of sp³-hybridized carbons (Fsp3) is 0.426. The summed E-state index contributed by atoms with van der Waals surface area (Å²) in [5.41, 5.74) is 8.58. The van der Waals surface area contributed by atoms with E-state index in [-0.39, 0.29) is 47.9 Å². The molecule has 3 atom stereocenters. The molecule has 17 nitrogen and oxygen atoms in total. The van der Waals surface area contributed by atoms with Crippen molar-refractivity contribution in [3.63, 3.8) is 0 Å². The summed E-state index contributed by atoms with van der Waals surface area (Å²) in [7, 11) is 0. The van der Waals surface area contributed by atoms with Crippen molar-refractivity contribution in [3.8, 4) is 22.8 Å². The Morgan fingerprint density at radius 2 is 1.64 bits per heavy atom. The Morgan fingerprint density at radius 3 is 2.41 bits per heavy atom. The predicted molar refractivity (Wildman–Crippen MR) is 236 cm³/mol. The standard InChI is InChI=1S/C47H53N9O8/c48-43(59)41-42(30-11-13-32(14-12-30)64-31-6-2-1-3-7-31)52-56-36(17-21-50-44(41)56)29-18-25-54(26-19-29)39(58)20-24-53-23-5-8-33(28-53)63-27-22-49-35-10-4-9-34-40(35)47(62)55(46(34)61)37-15-16-38(57)51-45(37)60/h1-4,6-7,9-14,29,33,36-37,49-50H,5,8,15-28H2,(H2,48,59)(H,51,57,60)/t33?,36-,37?/m0/s1. The van der Waals surface area contributed by atoms with Crippen LogP contribution >= 0.6 is 0 Å². The Labute approximate surface area is 370 Å². The van der Waals surface area contributed by atoms with Crippen molar-refractivity contribution in [2.45, 2.75) is 69.6 Å². The third kappa shape index (κ3) is 8.82. The minimum Gasteiger partial charge on any atom is -0.457 e. The zero-order chi connectivity index (χ0) is 44.3. The van der Waals surface area contributed by atoms with Crippen LogP contribution in [0.15, 0.2) is 72.8 Å². The van der Waals surface area contributed by atoms with Crippen LogP contribution in [0.1, 0.15) is 88.5 Å². The number of rotatable bonds is 14. The summed E-state index contributed by atoms with van der Waals surface area (Å²) >= 11 is 0. The van der Waals surface area contributed by atoms with Crippen LogP contribution in [-0.2, 0) is 19.1 Å². The molecule has 3 saturated heterocycles. The van der Waals surface area contributed by atoms with Crippen molar-refractivity contribution in [1.82, 2.24) is 29.8 Å². The average Bonchev–Trinajstić information content (AvgIpc) is 3.83. The molecule has 5 aliphatic heterocycles. The number of piperidine rings is 3. The lowest BCUT2D eigenvalue weighted by atomic mass is 9.86. The third-order valence-corrected chi connectivity index (χ3v) is 13.1. The first-order valence-electron chi connectivity index (χ1n) is 22.3. The molecule has 9 rings (SSSR count). The van der Waals surface area contributed by atoms with E-state index in [2.05, 4.69) is 20.9 Å². The Balaban J connectivity index is 0.733. The van der Waals surface area contributed by atoms with E-state index in [0.29, 0.717) is 80.8 Å². The van der Waals surface area contributed by atoms with Gasteiger partial charge in [-0.15, -0.1) is 0 Å². The molecule has 5 aliphatic rings. The lowest BCUT2D eigenvalue weighted by Crippen LogP contribution is -2.54. The Bertz CT molecular complexity index is 2430. The molecule has 0 saturated carbocycles. The highest BCUT2D eigenvalue weighted by molar-refractivity contribution is 6.25. The van der Waals surface area contributed by atoms with Gasteiger partial charge in [-0.05, 0) is 99.5 Å². The van der Waals surface area contributed by atoms with Gasteiger partial charge in [0, 0.05) is 63.4 Å². The summed E-state index contributed by atoms with van der Waals surface area (Å²) in [5.74, 6) is -0.219. The minimum atomic E-state index is -1.03. The summed E-state index contributed by atoms with van der Waals surface area (Å²) in [6.07, 6.45) is 4.96. The molecule has 3 aromatic carbocycles. The quantitative estimate of drug-likeness (QED) is 0.103. The molecule has 64 heavy (non-hydrogen) atoms. The number of amides is 6. The summed E-state index contributed by atoms with van der Waals surface area (Å²) in [6.45, 7) is 5.05. The van der Waals surface area contributed by atoms with Gasteiger partial charge in [0.25, 0.3) is 17.7 Å². The van der Waals surface area contributed by atoms with Crippen LogP contribution in [0.25, 0.3) is 11.3 Å². The maximum atomic E-state index is 13.5. The van der Waals surface area contributed by atoms with Gasteiger partial charge >= 0.3 is 0 Å². The number of carbonyl (C=O) groups excluding carboxylic acids is 6. The highest BCUT2D eigenvalue weighted by Crippen LogP contribution is 2.40. The number of hydrogen-bond acceptors (Lipinski definition) is 12. The number of fused-ring (bicyclic) bond motifs is 2. The molecule has 6 amide bonds. The number of anilines is 2. The van der Waals surface area contributed by atoms with E-state index in [4.69, 9.17) is 20.3 Å². The van der Waals surface area contributed by atoms with Crippen molar-refractivity contribution >= 4 is 46.9 Å². The van der Waals surface area contributed by atoms with Crippen molar-refractivity contribution in [2.75, 3.05) is 63.1 Å². The van der Waals surface area contributed by atoms with Crippen LogP contribution in [0.5, 0.6) is 11.5 Å². The number of aromatic nitrogens is 2. The van der Waals surface area contributed by atoms with Crippen molar-refractivity contribution in [2.24, 2.45) is 11.7 Å². The first-order valence-corrected chi connectivity index (χ1v) is 22.3. The van der Waals surface area contributed by atoms with Crippen LogP contribution < -0.4 is 26.4 Å². The second-order valence-electron chi connectivity index (χ2n) is 17.1. The van der Waals surface area contributed by atoms with E-state index >= 15 is 0 Å². The number of hydrogen-bond donors (Lipinski definition) is 4. The molecule has 5 N–H and O–H groups in total. The van der Waals surface area contributed by atoms with Gasteiger partial charge in [-0.25, -0.2) is 4.68 Å². The van der Waals surface area contributed by atoms with Crippen molar-refractivity contribution in [3.05, 3.63) is 89.5 Å². The molecule has 17 heteroatoms. The second-order valence-corrected chi connectivity index (χ2v) is 17.1. The molecular formula is C47H53N9O8. The summed E-state index contributed by atoms with van der Waals surface area (Å²) in [4.78, 5) is 82.4. The van der Waals surface area contributed by atoms with E-state index in [1.165, 1.54) is 0 Å². The van der Waals surface area contributed by atoms with Gasteiger partial charge in [0.05, 0.1) is 29.9 Å². The number of ether oxygens (including phenoxy) is 2. The summed E-state index contributed by atoms with van der Waals surface area (Å²) in [6, 6.07) is 21.1. The van der Waals surface area contributed by atoms with Gasteiger partial charge < -0.3 is 35.6 Å². The predicted octanol–water partition coefficient (Wildman–Crippen LogP) is 4.42. The zero-order valence-corrected chi connectivity index (χ0v) is 35.6. The molecule has 6 heterocycles. The van der Waals surface area contributed by atoms with Gasteiger partial charge in [-0.1, -0.05) is 24.3 Å². The molecule has 334 valence electrons. The maximum absolute atomic E-state index is 13.5. The number of nitrogens with one attached hydrogen (secondary N) is 3. The van der Waals surface area contributed by atoms with Crippen LogP contribution in [-0.4, -0.2) is 124 Å². The second kappa shape index (κ2) is 18.6. The fourth-order valence-electron chi connectivity index (χ4n) is 9.85. The largest absolute Gasteiger partial charge is 0.457 e. The van der Waals surface area contributed by atoms with Gasteiger partial charge in [0.2, 0.25) is 17.7 Å².